The van der Waals surface area contributed by atoms with Gasteiger partial charge in [0.05, 0.1) is 28.4 Å². The molecule has 1 heterocycles. The van der Waals surface area contributed by atoms with E-state index < -0.39 is 17.3 Å². The van der Waals surface area contributed by atoms with Gasteiger partial charge < -0.3 is 16.0 Å². The number of halogens is 3. The number of aromatic amines is 1. The Hall–Kier alpha value is -1.86. The van der Waals surface area contributed by atoms with Crippen molar-refractivity contribution in [2.75, 3.05) is 5.32 Å². The number of carbonyl (C=O) groups excluding carboxylic acids is 1. The molecule has 8 heteroatoms. The molecular weight excluding hydrogens is 365 g/mol. The van der Waals surface area contributed by atoms with Crippen molar-refractivity contribution in [2.45, 2.75) is 5.88 Å². The lowest BCUT2D eigenvalue weighted by molar-refractivity contribution is 0.100. The van der Waals surface area contributed by atoms with Gasteiger partial charge in [0.2, 0.25) is 0 Å². The van der Waals surface area contributed by atoms with Gasteiger partial charge in [-0.25, -0.2) is 4.39 Å². The molecule has 0 unspecified atom stereocenters. The molecule has 0 bridgehead atoms. The first-order chi connectivity index (χ1) is 9.93. The van der Waals surface area contributed by atoms with Crippen molar-refractivity contribution < 1.29 is 9.18 Å². The molecule has 0 spiro atoms. The highest BCUT2D eigenvalue weighted by Crippen LogP contribution is 2.27. The van der Waals surface area contributed by atoms with Gasteiger partial charge >= 0.3 is 0 Å². The quantitative estimate of drug-likeness (QED) is 0.719. The first kappa shape index (κ1) is 15.5. The lowest BCUT2D eigenvalue weighted by atomic mass is 10.1. The van der Waals surface area contributed by atoms with Crippen LogP contribution in [0.5, 0.6) is 0 Å². The molecule has 0 saturated carbocycles. The molecule has 2 aromatic rings. The minimum atomic E-state index is -0.766. The number of pyridine rings is 1. The number of nitrogens with two attached hydrogens (primary N) is 1. The standard InChI is InChI=1S/C13H10BrClFN3O2/c14-6-1-2-10(9(16)3-6)19-11-7(4-15)13(21)18-5-8(11)12(17)20/h1-3,5H,4H2,(H2,17,20)(H2,18,19,21). The van der Waals surface area contributed by atoms with Crippen LogP contribution in [0.4, 0.5) is 15.8 Å². The lowest BCUT2D eigenvalue weighted by Gasteiger charge is -2.14. The summed E-state index contributed by atoms with van der Waals surface area (Å²) in [5, 5.41) is 2.71. The third-order valence-corrected chi connectivity index (χ3v) is 3.54. The Kier molecular flexibility index (Phi) is 4.64. The van der Waals surface area contributed by atoms with Crippen LogP contribution in [0.3, 0.4) is 0 Å². The molecule has 1 aromatic heterocycles. The Morgan fingerprint density at radius 2 is 2.19 bits per heavy atom. The van der Waals surface area contributed by atoms with Crippen molar-refractivity contribution in [3.8, 4) is 0 Å². The second-order valence-electron chi connectivity index (χ2n) is 4.13. The van der Waals surface area contributed by atoms with Crippen LogP contribution in [-0.4, -0.2) is 10.9 Å². The summed E-state index contributed by atoms with van der Waals surface area (Å²) in [7, 11) is 0. The number of anilines is 2. The number of hydrogen-bond acceptors (Lipinski definition) is 3. The van der Waals surface area contributed by atoms with Gasteiger partial charge in [-0.1, -0.05) is 15.9 Å². The maximum Gasteiger partial charge on any atom is 0.254 e. The summed E-state index contributed by atoms with van der Waals surface area (Å²) >= 11 is 8.87. The number of amides is 1. The predicted molar refractivity (Wildman–Crippen MR) is 82.5 cm³/mol. The minimum Gasteiger partial charge on any atom is -0.365 e. The SMILES string of the molecule is NC(=O)c1c[nH]c(=O)c(CCl)c1Nc1ccc(Br)cc1F. The second kappa shape index (κ2) is 6.28. The Bertz CT molecular complexity index is 764. The van der Waals surface area contributed by atoms with Crippen LogP contribution < -0.4 is 16.6 Å². The van der Waals surface area contributed by atoms with Crippen LogP contribution in [0.2, 0.25) is 0 Å². The number of H-pyrrole nitrogens is 1. The summed E-state index contributed by atoms with van der Waals surface area (Å²) < 4.78 is 14.4. The number of aromatic nitrogens is 1. The number of hydrogen-bond donors (Lipinski definition) is 3. The monoisotopic (exact) mass is 373 g/mol. The Balaban J connectivity index is 2.59. The van der Waals surface area contributed by atoms with E-state index in [0.29, 0.717) is 4.47 Å². The summed E-state index contributed by atoms with van der Waals surface area (Å²) in [6.07, 6.45) is 1.17. The van der Waals surface area contributed by atoms with Crippen LogP contribution in [0, 0.1) is 5.82 Å². The molecule has 0 radical (unpaired) electrons. The summed E-state index contributed by atoms with van der Waals surface area (Å²) in [4.78, 5) is 25.6. The van der Waals surface area contributed by atoms with Gasteiger partial charge in [0.1, 0.15) is 5.82 Å². The third-order valence-electron chi connectivity index (χ3n) is 2.78. The highest BCUT2D eigenvalue weighted by Gasteiger charge is 2.17. The lowest BCUT2D eigenvalue weighted by Crippen LogP contribution is -2.21. The van der Waals surface area contributed by atoms with E-state index in [4.69, 9.17) is 17.3 Å². The van der Waals surface area contributed by atoms with Gasteiger partial charge in [0.25, 0.3) is 11.5 Å². The van der Waals surface area contributed by atoms with Crippen molar-refractivity contribution in [1.82, 2.24) is 4.98 Å². The van der Waals surface area contributed by atoms with E-state index in [-0.39, 0.29) is 28.4 Å². The fourth-order valence-corrected chi connectivity index (χ4v) is 2.35. The summed E-state index contributed by atoms with van der Waals surface area (Å²) in [5.74, 6) is -1.48. The average molecular weight is 375 g/mol. The molecule has 110 valence electrons. The fourth-order valence-electron chi connectivity index (χ4n) is 1.76. The van der Waals surface area contributed by atoms with Crippen molar-refractivity contribution in [3.63, 3.8) is 0 Å². The first-order valence-corrected chi connectivity index (χ1v) is 7.09. The predicted octanol–water partition coefficient (Wildman–Crippen LogP) is 2.86. The van der Waals surface area contributed by atoms with Crippen LogP contribution in [0.1, 0.15) is 15.9 Å². The molecule has 0 saturated heterocycles. The Morgan fingerprint density at radius 3 is 2.76 bits per heavy atom. The smallest absolute Gasteiger partial charge is 0.254 e. The topological polar surface area (TPSA) is 88.0 Å². The number of benzene rings is 1. The number of primary amides is 1. The zero-order valence-corrected chi connectivity index (χ0v) is 12.9. The van der Waals surface area contributed by atoms with Crippen molar-refractivity contribution in [3.05, 3.63) is 56.2 Å². The molecule has 2 rings (SSSR count). The van der Waals surface area contributed by atoms with Gasteiger partial charge in [-0.05, 0) is 18.2 Å². The molecular formula is C13H10BrClFN3O2. The zero-order valence-electron chi connectivity index (χ0n) is 10.5. The van der Waals surface area contributed by atoms with Gasteiger partial charge in [-0.3, -0.25) is 9.59 Å². The number of carbonyl (C=O) groups is 1. The highest BCUT2D eigenvalue weighted by atomic mass is 79.9. The molecule has 0 aliphatic carbocycles. The summed E-state index contributed by atoms with van der Waals surface area (Å²) in [6.45, 7) is 0. The van der Waals surface area contributed by atoms with Gasteiger partial charge in [-0.2, -0.15) is 0 Å². The van der Waals surface area contributed by atoms with Gasteiger partial charge in [0.15, 0.2) is 0 Å². The van der Waals surface area contributed by atoms with Crippen LogP contribution >= 0.6 is 27.5 Å². The average Bonchev–Trinajstić information content (AvgIpc) is 2.41. The van der Waals surface area contributed by atoms with E-state index in [1.807, 2.05) is 0 Å². The number of rotatable bonds is 4. The van der Waals surface area contributed by atoms with E-state index in [0.717, 1.165) is 0 Å². The van der Waals surface area contributed by atoms with Crippen molar-refractivity contribution in [2.24, 2.45) is 5.73 Å². The second-order valence-corrected chi connectivity index (χ2v) is 5.32. The van der Waals surface area contributed by atoms with E-state index in [1.54, 1.807) is 6.07 Å². The maximum absolute atomic E-state index is 13.9. The van der Waals surface area contributed by atoms with E-state index in [1.165, 1.54) is 18.3 Å². The third kappa shape index (κ3) is 3.25. The Morgan fingerprint density at radius 1 is 1.48 bits per heavy atom. The van der Waals surface area contributed by atoms with E-state index in [2.05, 4.69) is 26.2 Å². The van der Waals surface area contributed by atoms with Gasteiger partial charge in [-0.15, -0.1) is 11.6 Å². The minimum absolute atomic E-state index is 0.0209. The van der Waals surface area contributed by atoms with Gasteiger partial charge in [0, 0.05) is 10.7 Å². The highest BCUT2D eigenvalue weighted by molar-refractivity contribution is 9.10. The molecule has 1 amide bonds. The zero-order chi connectivity index (χ0) is 15.6. The molecule has 0 aliphatic heterocycles. The van der Waals surface area contributed by atoms with Crippen LogP contribution in [0.15, 0.2) is 33.7 Å². The number of nitrogens with one attached hydrogen (secondary N) is 2. The molecule has 0 fully saturated rings. The van der Waals surface area contributed by atoms with Crippen LogP contribution in [-0.2, 0) is 5.88 Å². The summed E-state index contributed by atoms with van der Waals surface area (Å²) in [5.41, 5.74) is 5.10. The molecule has 4 N–H and O–H groups in total. The largest absolute Gasteiger partial charge is 0.365 e. The molecule has 0 aliphatic rings. The number of alkyl halides is 1. The van der Waals surface area contributed by atoms with E-state index in [9.17, 15) is 14.0 Å². The molecule has 1 aromatic carbocycles. The molecule has 21 heavy (non-hydrogen) atoms. The van der Waals surface area contributed by atoms with Crippen molar-refractivity contribution in [1.29, 1.82) is 0 Å². The fraction of sp³-hybridized carbons (Fsp3) is 0.0769. The molecule has 0 atom stereocenters. The van der Waals surface area contributed by atoms with Crippen molar-refractivity contribution >= 4 is 44.8 Å². The van der Waals surface area contributed by atoms with Crippen LogP contribution in [0.25, 0.3) is 0 Å². The normalized spacial score (nSPS) is 10.4. The first-order valence-electron chi connectivity index (χ1n) is 5.76. The molecule has 5 nitrogen and oxygen atoms in total. The Labute approximate surface area is 132 Å². The summed E-state index contributed by atoms with van der Waals surface area (Å²) in [6, 6.07) is 4.33. The maximum atomic E-state index is 13.9. The van der Waals surface area contributed by atoms with E-state index >= 15 is 0 Å².